The summed E-state index contributed by atoms with van der Waals surface area (Å²) in [5.41, 5.74) is 1.46. The highest BCUT2D eigenvalue weighted by molar-refractivity contribution is 9.10. The average molecular weight is 349 g/mol. The molecule has 1 aromatic carbocycles. The fraction of sp³-hybridized carbons (Fsp3) is 0.375. The SMILES string of the molecule is O=C(c1ccnc2ccc(Br)cc12)N1CCCC[C@H]1CO. The Labute approximate surface area is 131 Å². The van der Waals surface area contributed by atoms with Crippen LogP contribution in [0.3, 0.4) is 0 Å². The normalized spacial score (nSPS) is 19.0. The van der Waals surface area contributed by atoms with E-state index >= 15 is 0 Å². The first-order chi connectivity index (χ1) is 10.2. The molecule has 1 aliphatic heterocycles. The van der Waals surface area contributed by atoms with Crippen molar-refractivity contribution in [1.82, 2.24) is 9.88 Å². The summed E-state index contributed by atoms with van der Waals surface area (Å²) in [4.78, 5) is 19.0. The molecular formula is C16H17BrN2O2. The number of piperidine rings is 1. The van der Waals surface area contributed by atoms with Crippen LogP contribution < -0.4 is 0 Å². The third-order valence-electron chi connectivity index (χ3n) is 4.03. The van der Waals surface area contributed by atoms with E-state index in [1.807, 2.05) is 18.2 Å². The van der Waals surface area contributed by atoms with Gasteiger partial charge in [-0.2, -0.15) is 0 Å². The van der Waals surface area contributed by atoms with E-state index in [-0.39, 0.29) is 18.6 Å². The minimum Gasteiger partial charge on any atom is -0.394 e. The summed E-state index contributed by atoms with van der Waals surface area (Å²) < 4.78 is 0.925. The van der Waals surface area contributed by atoms with E-state index in [0.717, 1.165) is 34.6 Å². The van der Waals surface area contributed by atoms with Gasteiger partial charge in [-0.15, -0.1) is 0 Å². The third-order valence-corrected chi connectivity index (χ3v) is 4.53. The molecule has 0 aliphatic carbocycles. The number of fused-ring (bicyclic) bond motifs is 1. The highest BCUT2D eigenvalue weighted by Crippen LogP contribution is 2.25. The number of halogens is 1. The number of rotatable bonds is 2. The van der Waals surface area contributed by atoms with Gasteiger partial charge < -0.3 is 10.0 Å². The number of hydrogen-bond acceptors (Lipinski definition) is 3. The second kappa shape index (κ2) is 6.12. The van der Waals surface area contributed by atoms with Crippen molar-refractivity contribution >= 4 is 32.7 Å². The lowest BCUT2D eigenvalue weighted by Gasteiger charge is -2.34. The molecule has 1 amide bonds. The standard InChI is InChI=1S/C16H17BrN2O2/c17-11-4-5-15-14(9-11)13(6-7-18-15)16(21)19-8-2-1-3-12(19)10-20/h4-7,9,12,20H,1-3,8,10H2/t12-/m0/s1. The highest BCUT2D eigenvalue weighted by atomic mass is 79.9. The molecule has 1 saturated heterocycles. The van der Waals surface area contributed by atoms with Crippen LogP contribution in [-0.4, -0.2) is 40.1 Å². The van der Waals surface area contributed by atoms with E-state index < -0.39 is 0 Å². The first-order valence-electron chi connectivity index (χ1n) is 7.17. The molecule has 1 aromatic heterocycles. The number of hydrogen-bond donors (Lipinski definition) is 1. The number of aliphatic hydroxyl groups excluding tert-OH is 1. The quantitative estimate of drug-likeness (QED) is 0.907. The van der Waals surface area contributed by atoms with Crippen LogP contribution in [0.1, 0.15) is 29.6 Å². The number of amides is 1. The molecule has 0 unspecified atom stereocenters. The molecule has 21 heavy (non-hydrogen) atoms. The number of likely N-dealkylation sites (tertiary alicyclic amines) is 1. The molecule has 2 aromatic rings. The summed E-state index contributed by atoms with van der Waals surface area (Å²) >= 11 is 3.44. The van der Waals surface area contributed by atoms with Gasteiger partial charge in [0.2, 0.25) is 0 Å². The van der Waals surface area contributed by atoms with Gasteiger partial charge in [-0.1, -0.05) is 15.9 Å². The molecule has 2 heterocycles. The monoisotopic (exact) mass is 348 g/mol. The lowest BCUT2D eigenvalue weighted by molar-refractivity contribution is 0.0505. The number of nitrogens with zero attached hydrogens (tertiary/aromatic N) is 2. The number of pyridine rings is 1. The van der Waals surface area contributed by atoms with E-state index in [1.165, 1.54) is 0 Å². The van der Waals surface area contributed by atoms with Gasteiger partial charge in [0, 0.05) is 22.6 Å². The van der Waals surface area contributed by atoms with E-state index in [2.05, 4.69) is 20.9 Å². The molecule has 1 aliphatic rings. The van der Waals surface area contributed by atoms with Crippen molar-refractivity contribution < 1.29 is 9.90 Å². The zero-order valence-electron chi connectivity index (χ0n) is 11.6. The minimum atomic E-state index is -0.0679. The molecule has 0 radical (unpaired) electrons. The van der Waals surface area contributed by atoms with Crippen LogP contribution in [0.2, 0.25) is 0 Å². The van der Waals surface area contributed by atoms with Gasteiger partial charge >= 0.3 is 0 Å². The van der Waals surface area contributed by atoms with Crippen LogP contribution in [0.25, 0.3) is 10.9 Å². The first-order valence-corrected chi connectivity index (χ1v) is 7.96. The summed E-state index contributed by atoms with van der Waals surface area (Å²) in [5.74, 6) is -0.0146. The zero-order chi connectivity index (χ0) is 14.8. The number of carbonyl (C=O) groups excluding carboxylic acids is 1. The largest absolute Gasteiger partial charge is 0.394 e. The van der Waals surface area contributed by atoms with Crippen molar-refractivity contribution in [3.05, 3.63) is 40.5 Å². The van der Waals surface area contributed by atoms with Gasteiger partial charge in [-0.05, 0) is 43.5 Å². The molecule has 0 saturated carbocycles. The van der Waals surface area contributed by atoms with Crippen LogP contribution in [0.5, 0.6) is 0 Å². The van der Waals surface area contributed by atoms with E-state index in [1.54, 1.807) is 17.2 Å². The first kappa shape index (κ1) is 14.5. The topological polar surface area (TPSA) is 53.4 Å². The summed E-state index contributed by atoms with van der Waals surface area (Å²) in [7, 11) is 0. The number of aliphatic hydroxyl groups is 1. The number of aromatic nitrogens is 1. The lowest BCUT2D eigenvalue weighted by Crippen LogP contribution is -2.45. The van der Waals surface area contributed by atoms with Gasteiger partial charge in [0.15, 0.2) is 0 Å². The Bertz CT molecular complexity index is 674. The predicted octanol–water partition coefficient (Wildman–Crippen LogP) is 2.98. The summed E-state index contributed by atoms with van der Waals surface area (Å²) in [5, 5.41) is 10.3. The Morgan fingerprint density at radius 3 is 3.05 bits per heavy atom. The molecule has 1 N–H and O–H groups in total. The van der Waals surface area contributed by atoms with E-state index in [4.69, 9.17) is 0 Å². The van der Waals surface area contributed by atoms with Crippen molar-refractivity contribution in [3.8, 4) is 0 Å². The zero-order valence-corrected chi connectivity index (χ0v) is 13.2. The Morgan fingerprint density at radius 1 is 1.38 bits per heavy atom. The lowest BCUT2D eigenvalue weighted by atomic mass is 10.0. The van der Waals surface area contributed by atoms with Gasteiger partial charge in [0.05, 0.1) is 23.7 Å². The molecule has 4 nitrogen and oxygen atoms in total. The van der Waals surface area contributed by atoms with Crippen LogP contribution in [0.4, 0.5) is 0 Å². The fourth-order valence-electron chi connectivity index (χ4n) is 2.92. The second-order valence-electron chi connectivity index (χ2n) is 5.35. The maximum atomic E-state index is 12.9. The molecule has 3 rings (SSSR count). The third kappa shape index (κ3) is 2.80. The van der Waals surface area contributed by atoms with Gasteiger partial charge in [-0.25, -0.2) is 0 Å². The molecule has 1 atom stereocenters. The summed E-state index contributed by atoms with van der Waals surface area (Å²) in [6.45, 7) is 0.736. The van der Waals surface area contributed by atoms with Crippen molar-refractivity contribution in [3.63, 3.8) is 0 Å². The molecule has 5 heteroatoms. The second-order valence-corrected chi connectivity index (χ2v) is 6.27. The Kier molecular flexibility index (Phi) is 4.22. The molecule has 0 bridgehead atoms. The van der Waals surface area contributed by atoms with Crippen molar-refractivity contribution in [2.75, 3.05) is 13.2 Å². The Balaban J connectivity index is 2.03. The maximum Gasteiger partial charge on any atom is 0.254 e. The van der Waals surface area contributed by atoms with Crippen LogP contribution in [-0.2, 0) is 0 Å². The van der Waals surface area contributed by atoms with Crippen LogP contribution in [0.15, 0.2) is 34.9 Å². The Morgan fingerprint density at radius 2 is 2.24 bits per heavy atom. The van der Waals surface area contributed by atoms with Crippen LogP contribution in [0, 0.1) is 0 Å². The highest BCUT2D eigenvalue weighted by Gasteiger charge is 2.27. The van der Waals surface area contributed by atoms with Gasteiger partial charge in [0.1, 0.15) is 0 Å². The maximum absolute atomic E-state index is 12.9. The van der Waals surface area contributed by atoms with Crippen molar-refractivity contribution in [2.24, 2.45) is 0 Å². The fourth-order valence-corrected chi connectivity index (χ4v) is 3.28. The predicted molar refractivity (Wildman–Crippen MR) is 85.2 cm³/mol. The van der Waals surface area contributed by atoms with Crippen LogP contribution >= 0.6 is 15.9 Å². The van der Waals surface area contributed by atoms with E-state index in [0.29, 0.717) is 12.1 Å². The number of carbonyl (C=O) groups is 1. The summed E-state index contributed by atoms with van der Waals surface area (Å²) in [6.07, 6.45) is 4.60. The van der Waals surface area contributed by atoms with Gasteiger partial charge in [0.25, 0.3) is 5.91 Å². The van der Waals surface area contributed by atoms with Gasteiger partial charge in [-0.3, -0.25) is 9.78 Å². The van der Waals surface area contributed by atoms with Crippen molar-refractivity contribution in [1.29, 1.82) is 0 Å². The van der Waals surface area contributed by atoms with Crippen molar-refractivity contribution in [2.45, 2.75) is 25.3 Å². The smallest absolute Gasteiger partial charge is 0.254 e. The number of benzene rings is 1. The Hall–Kier alpha value is -1.46. The molecule has 0 spiro atoms. The minimum absolute atomic E-state index is 0.0146. The average Bonchev–Trinajstić information content (AvgIpc) is 2.53. The molecular weight excluding hydrogens is 332 g/mol. The molecule has 1 fully saturated rings. The summed E-state index contributed by atoms with van der Waals surface area (Å²) in [6, 6.07) is 7.44. The molecule has 110 valence electrons. The van der Waals surface area contributed by atoms with E-state index in [9.17, 15) is 9.90 Å².